The molecule has 2 nitrogen and oxygen atoms in total. The highest BCUT2D eigenvalue weighted by atomic mass is 32.1. The average Bonchev–Trinajstić information content (AvgIpc) is 3.63. The largest absolute Gasteiger partial charge is 0.457 e. The van der Waals surface area contributed by atoms with E-state index in [2.05, 4.69) is 141 Å². The maximum absolute atomic E-state index is 6.43. The molecule has 0 radical (unpaired) electrons. The second kappa shape index (κ2) is 9.32. The van der Waals surface area contributed by atoms with Crippen LogP contribution in [0.25, 0.3) is 75.1 Å². The number of furan rings is 1. The zero-order valence-corrected chi connectivity index (χ0v) is 26.2. The summed E-state index contributed by atoms with van der Waals surface area (Å²) < 4.78 is 15.4. The smallest absolute Gasteiger partial charge is 0.136 e. The van der Waals surface area contributed by atoms with Gasteiger partial charge in [-0.25, -0.2) is 0 Å². The highest BCUT2D eigenvalue weighted by Crippen LogP contribution is 2.49. The summed E-state index contributed by atoms with van der Waals surface area (Å²) in [5.41, 5.74) is 8.95. The van der Waals surface area contributed by atoms with Crippen molar-refractivity contribution in [2.24, 2.45) is 0 Å². The van der Waals surface area contributed by atoms with Crippen molar-refractivity contribution in [3.8, 4) is 33.8 Å². The minimum atomic E-state index is -0.114. The summed E-state index contributed by atoms with van der Waals surface area (Å²) in [6, 6.07) is 48.1. The van der Waals surface area contributed by atoms with Gasteiger partial charge in [0.05, 0.1) is 0 Å². The Balaban J connectivity index is 1.07. The summed E-state index contributed by atoms with van der Waals surface area (Å²) in [5, 5.41) is 7.33. The Bertz CT molecular complexity index is 2710. The summed E-state index contributed by atoms with van der Waals surface area (Å²) in [6.07, 6.45) is 0. The Labute approximate surface area is 270 Å². The van der Waals surface area contributed by atoms with Crippen molar-refractivity contribution in [2.45, 2.75) is 19.3 Å². The Kier molecular flexibility index (Phi) is 5.25. The molecule has 0 amide bonds. The molecular weight excluding hydrogens is 581 g/mol. The SMILES string of the molecule is CC1(C)c2ccccc2Oc2cc(-c3ccc4c(c3)sc3cc(-c5cccc6oc7cc8ccccc8cc7c56)ccc34)ccc21. The zero-order chi connectivity index (χ0) is 30.6. The van der Waals surface area contributed by atoms with Crippen molar-refractivity contribution in [3.05, 3.63) is 145 Å². The van der Waals surface area contributed by atoms with Crippen LogP contribution in [0.4, 0.5) is 0 Å². The summed E-state index contributed by atoms with van der Waals surface area (Å²) in [7, 11) is 0. The number of hydrogen-bond acceptors (Lipinski definition) is 3. The van der Waals surface area contributed by atoms with Gasteiger partial charge in [-0.3, -0.25) is 0 Å². The van der Waals surface area contributed by atoms with Gasteiger partial charge in [0, 0.05) is 47.5 Å². The van der Waals surface area contributed by atoms with E-state index in [1.54, 1.807) is 0 Å². The van der Waals surface area contributed by atoms with Crippen molar-refractivity contribution in [3.63, 3.8) is 0 Å². The lowest BCUT2D eigenvalue weighted by Gasteiger charge is -2.34. The van der Waals surface area contributed by atoms with Gasteiger partial charge in [-0.15, -0.1) is 11.3 Å². The number of rotatable bonds is 2. The third-order valence-corrected chi connectivity index (χ3v) is 11.0. The minimum Gasteiger partial charge on any atom is -0.457 e. The Morgan fingerprint density at radius 1 is 0.500 bits per heavy atom. The molecule has 9 aromatic rings. The summed E-state index contributed by atoms with van der Waals surface area (Å²) >= 11 is 1.86. The fraction of sp³-hybridized carbons (Fsp3) is 0.0698. The molecule has 0 N–H and O–H groups in total. The number of ether oxygens (including phenoxy) is 1. The minimum absolute atomic E-state index is 0.114. The molecule has 0 aliphatic carbocycles. The van der Waals surface area contributed by atoms with E-state index in [1.807, 2.05) is 17.4 Å². The van der Waals surface area contributed by atoms with Crippen LogP contribution >= 0.6 is 11.3 Å². The number of benzene rings is 7. The average molecular weight is 609 g/mol. The summed E-state index contributed by atoms with van der Waals surface area (Å²) in [6.45, 7) is 4.56. The number of para-hydroxylation sites is 1. The predicted octanol–water partition coefficient (Wildman–Crippen LogP) is 12.9. The van der Waals surface area contributed by atoms with Crippen LogP contribution in [0.5, 0.6) is 11.5 Å². The molecule has 0 fully saturated rings. The zero-order valence-electron chi connectivity index (χ0n) is 25.4. The molecule has 46 heavy (non-hydrogen) atoms. The fourth-order valence-electron chi connectivity index (χ4n) is 7.51. The number of hydrogen-bond donors (Lipinski definition) is 0. The van der Waals surface area contributed by atoms with Gasteiger partial charge in [-0.1, -0.05) is 105 Å². The monoisotopic (exact) mass is 608 g/mol. The molecule has 7 aromatic carbocycles. The molecule has 1 aliphatic heterocycles. The molecule has 10 rings (SSSR count). The molecule has 0 bridgehead atoms. The Hall–Kier alpha value is -5.38. The normalized spacial score (nSPS) is 13.8. The van der Waals surface area contributed by atoms with E-state index in [1.165, 1.54) is 69.7 Å². The van der Waals surface area contributed by atoms with Crippen molar-refractivity contribution in [1.82, 2.24) is 0 Å². The molecule has 3 heterocycles. The molecule has 2 aromatic heterocycles. The van der Waals surface area contributed by atoms with Crippen LogP contribution in [-0.2, 0) is 5.41 Å². The fourth-order valence-corrected chi connectivity index (χ4v) is 8.70. The van der Waals surface area contributed by atoms with Crippen LogP contribution < -0.4 is 4.74 Å². The van der Waals surface area contributed by atoms with Crippen LogP contribution in [-0.4, -0.2) is 0 Å². The van der Waals surface area contributed by atoms with Crippen LogP contribution in [0.15, 0.2) is 138 Å². The molecule has 3 heteroatoms. The first-order valence-electron chi connectivity index (χ1n) is 15.7. The van der Waals surface area contributed by atoms with Crippen LogP contribution in [0, 0.1) is 0 Å². The van der Waals surface area contributed by atoms with Gasteiger partial charge >= 0.3 is 0 Å². The third kappa shape index (κ3) is 3.70. The molecule has 0 unspecified atom stereocenters. The van der Waals surface area contributed by atoms with Gasteiger partial charge in [0.2, 0.25) is 0 Å². The first-order valence-corrected chi connectivity index (χ1v) is 16.6. The van der Waals surface area contributed by atoms with E-state index in [4.69, 9.17) is 9.15 Å². The molecule has 0 spiro atoms. The maximum Gasteiger partial charge on any atom is 0.136 e. The van der Waals surface area contributed by atoms with Gasteiger partial charge in [0.1, 0.15) is 22.7 Å². The Morgan fingerprint density at radius 3 is 2.02 bits per heavy atom. The molecule has 0 saturated heterocycles. The van der Waals surface area contributed by atoms with Crippen LogP contribution in [0.2, 0.25) is 0 Å². The molecule has 1 aliphatic rings. The molecule has 0 saturated carbocycles. The van der Waals surface area contributed by atoms with E-state index in [0.717, 1.165) is 28.1 Å². The first-order chi connectivity index (χ1) is 22.5. The quantitative estimate of drug-likeness (QED) is 0.195. The topological polar surface area (TPSA) is 22.4 Å². The highest BCUT2D eigenvalue weighted by molar-refractivity contribution is 7.25. The van der Waals surface area contributed by atoms with E-state index >= 15 is 0 Å². The summed E-state index contributed by atoms with van der Waals surface area (Å²) in [5.74, 6) is 1.89. The molecule has 0 atom stereocenters. The molecular formula is C43H28O2S. The van der Waals surface area contributed by atoms with Gasteiger partial charge in [0.15, 0.2) is 0 Å². The van der Waals surface area contributed by atoms with Crippen molar-refractivity contribution >= 4 is 64.2 Å². The second-order valence-corrected chi connectivity index (χ2v) is 14.0. The first kappa shape index (κ1) is 25.9. The highest BCUT2D eigenvalue weighted by Gasteiger charge is 2.34. The van der Waals surface area contributed by atoms with E-state index in [9.17, 15) is 0 Å². The van der Waals surface area contributed by atoms with Crippen molar-refractivity contribution in [1.29, 1.82) is 0 Å². The summed E-state index contributed by atoms with van der Waals surface area (Å²) in [4.78, 5) is 0. The van der Waals surface area contributed by atoms with E-state index < -0.39 is 0 Å². The second-order valence-electron chi connectivity index (χ2n) is 12.9. The number of thiophene rings is 1. The lowest BCUT2D eigenvalue weighted by Crippen LogP contribution is -2.24. The predicted molar refractivity (Wildman–Crippen MR) is 194 cm³/mol. The van der Waals surface area contributed by atoms with Crippen LogP contribution in [0.3, 0.4) is 0 Å². The van der Waals surface area contributed by atoms with Gasteiger partial charge in [0.25, 0.3) is 0 Å². The Morgan fingerprint density at radius 2 is 1.17 bits per heavy atom. The maximum atomic E-state index is 6.43. The lowest BCUT2D eigenvalue weighted by atomic mass is 9.75. The van der Waals surface area contributed by atoms with E-state index in [0.29, 0.717) is 0 Å². The van der Waals surface area contributed by atoms with Crippen LogP contribution in [0.1, 0.15) is 25.0 Å². The third-order valence-electron chi connectivity index (χ3n) is 9.92. The van der Waals surface area contributed by atoms with Crippen molar-refractivity contribution in [2.75, 3.05) is 0 Å². The standard InChI is InChI=1S/C43H28O2S/c1-43(2)34-11-5-6-12-36(34)44-39-22-27(16-19-35(39)43)28-14-17-31-32-18-15-29(24-41(32)46-40(31)23-28)30-10-7-13-37-42(30)33-20-25-8-3-4-9-26(25)21-38(33)45-37/h3-24H,1-2H3. The molecule has 218 valence electrons. The van der Waals surface area contributed by atoms with E-state index in [-0.39, 0.29) is 5.41 Å². The van der Waals surface area contributed by atoms with Crippen molar-refractivity contribution < 1.29 is 9.15 Å². The van der Waals surface area contributed by atoms with Gasteiger partial charge in [-0.2, -0.15) is 0 Å². The lowest BCUT2D eigenvalue weighted by molar-refractivity contribution is 0.418. The number of fused-ring (bicyclic) bond motifs is 9. The van der Waals surface area contributed by atoms with Gasteiger partial charge in [-0.05, 0) is 75.5 Å². The van der Waals surface area contributed by atoms with Gasteiger partial charge < -0.3 is 9.15 Å².